The Kier molecular flexibility index (Phi) is 6.84. The van der Waals surface area contributed by atoms with E-state index in [-0.39, 0.29) is 32.5 Å². The maximum atomic E-state index is 14.2. The fraction of sp³-hybridized carbons (Fsp3) is 0.217. The van der Waals surface area contributed by atoms with Crippen LogP contribution in [-0.4, -0.2) is 10.4 Å². The Morgan fingerprint density at radius 1 is 1.13 bits per heavy atom. The molecular formula is C23H19Cl2F2NO2S. The van der Waals surface area contributed by atoms with Crippen molar-refractivity contribution in [3.8, 4) is 0 Å². The van der Waals surface area contributed by atoms with E-state index in [1.807, 2.05) is 0 Å². The van der Waals surface area contributed by atoms with Gasteiger partial charge in [-0.1, -0.05) is 56.1 Å². The second-order valence-electron chi connectivity index (χ2n) is 7.97. The van der Waals surface area contributed by atoms with Crippen LogP contribution in [-0.2, 0) is 11.3 Å². The minimum Gasteiger partial charge on any atom is -0.294 e. The number of hydrogen-bond donors (Lipinski definition) is 0. The number of nitrogens with zero attached hydrogens (tertiary/aromatic N) is 1. The van der Waals surface area contributed by atoms with Gasteiger partial charge in [-0.05, 0) is 35.9 Å². The van der Waals surface area contributed by atoms with Crippen molar-refractivity contribution < 1.29 is 13.6 Å². The number of carbonyl (C=O) groups is 1. The average Bonchev–Trinajstić information content (AvgIpc) is 2.95. The molecule has 162 valence electrons. The highest BCUT2D eigenvalue weighted by Crippen LogP contribution is 2.20. The highest BCUT2D eigenvalue weighted by Gasteiger charge is 2.20. The fourth-order valence-electron chi connectivity index (χ4n) is 2.72. The van der Waals surface area contributed by atoms with Crippen LogP contribution in [0.2, 0.25) is 10.0 Å². The van der Waals surface area contributed by atoms with Gasteiger partial charge in [0.1, 0.15) is 16.3 Å². The zero-order chi connectivity index (χ0) is 22.9. The predicted molar refractivity (Wildman–Crippen MR) is 122 cm³/mol. The van der Waals surface area contributed by atoms with Gasteiger partial charge in [0.2, 0.25) is 0 Å². The van der Waals surface area contributed by atoms with Crippen LogP contribution in [0.25, 0.3) is 12.2 Å². The molecule has 0 unspecified atom stereocenters. The van der Waals surface area contributed by atoms with Gasteiger partial charge >= 0.3 is 0 Å². The quantitative estimate of drug-likeness (QED) is 0.538. The van der Waals surface area contributed by atoms with E-state index < -0.39 is 22.6 Å². The number of hydrogen-bond acceptors (Lipinski definition) is 3. The lowest BCUT2D eigenvalue weighted by molar-refractivity contribution is -0.120. The fourth-order valence-corrected chi connectivity index (χ4v) is 4.19. The summed E-state index contributed by atoms with van der Waals surface area (Å²) < 4.78 is 29.6. The molecular weight excluding hydrogens is 463 g/mol. The van der Waals surface area contributed by atoms with Crippen molar-refractivity contribution in [3.63, 3.8) is 0 Å². The maximum Gasteiger partial charge on any atom is 0.269 e. The molecule has 1 heterocycles. The SMILES string of the molecule is CC(C)(C)C(=O)C=c1sc(=Cc2c(F)cccc2Cl)c(=O)n1Cc1ccc(F)cc1Cl. The largest absolute Gasteiger partial charge is 0.294 e. The van der Waals surface area contributed by atoms with Crippen LogP contribution in [0.3, 0.4) is 0 Å². The number of thiazole rings is 1. The van der Waals surface area contributed by atoms with E-state index in [4.69, 9.17) is 23.2 Å². The van der Waals surface area contributed by atoms with Crippen LogP contribution >= 0.6 is 34.5 Å². The molecule has 0 spiro atoms. The Balaban J connectivity index is 2.25. The molecule has 0 aliphatic heterocycles. The van der Waals surface area contributed by atoms with Crippen molar-refractivity contribution in [1.29, 1.82) is 0 Å². The number of carbonyl (C=O) groups excluding carboxylic acids is 1. The Hall–Kier alpha value is -2.28. The molecule has 0 saturated carbocycles. The van der Waals surface area contributed by atoms with E-state index in [9.17, 15) is 18.4 Å². The second kappa shape index (κ2) is 9.07. The molecule has 3 nitrogen and oxygen atoms in total. The molecule has 0 N–H and O–H groups in total. The molecule has 0 aliphatic carbocycles. The maximum absolute atomic E-state index is 14.2. The van der Waals surface area contributed by atoms with Gasteiger partial charge in [-0.15, -0.1) is 11.3 Å². The third-order valence-corrected chi connectivity index (χ3v) is 6.29. The van der Waals surface area contributed by atoms with Crippen LogP contribution in [0.4, 0.5) is 8.78 Å². The van der Waals surface area contributed by atoms with Crippen molar-refractivity contribution in [3.05, 3.63) is 88.8 Å². The second-order valence-corrected chi connectivity index (χ2v) is 9.85. The number of rotatable bonds is 4. The lowest BCUT2D eigenvalue weighted by Gasteiger charge is -2.13. The van der Waals surface area contributed by atoms with Gasteiger partial charge in [0.05, 0.1) is 16.1 Å². The molecule has 3 aromatic rings. The number of halogens is 4. The summed E-state index contributed by atoms with van der Waals surface area (Å²) >= 11 is 13.3. The average molecular weight is 482 g/mol. The molecule has 0 amide bonds. The van der Waals surface area contributed by atoms with Gasteiger partial charge in [0.25, 0.3) is 5.56 Å². The Bertz CT molecular complexity index is 1320. The summed E-state index contributed by atoms with van der Waals surface area (Å²) in [5.41, 5.74) is -0.492. The summed E-state index contributed by atoms with van der Waals surface area (Å²) in [6.07, 6.45) is 2.76. The van der Waals surface area contributed by atoms with Gasteiger partial charge in [-0.2, -0.15) is 0 Å². The van der Waals surface area contributed by atoms with Crippen molar-refractivity contribution in [1.82, 2.24) is 4.57 Å². The van der Waals surface area contributed by atoms with Crippen LogP contribution in [0.5, 0.6) is 0 Å². The Morgan fingerprint density at radius 2 is 1.84 bits per heavy atom. The lowest BCUT2D eigenvalue weighted by atomic mass is 9.91. The molecule has 0 atom stereocenters. The zero-order valence-electron chi connectivity index (χ0n) is 17.0. The van der Waals surface area contributed by atoms with Crippen molar-refractivity contribution in [2.75, 3.05) is 0 Å². The standard InChI is InChI=1S/C23H19Cl2F2NO2S/c1-23(2,3)20(29)11-21-28(12-13-7-8-14(26)9-17(13)25)22(30)19(31-21)10-15-16(24)5-4-6-18(15)27/h4-11H,12H2,1-3H3. The number of ketones is 1. The van der Waals surface area contributed by atoms with Crippen molar-refractivity contribution >= 4 is 52.5 Å². The monoisotopic (exact) mass is 481 g/mol. The molecule has 8 heteroatoms. The van der Waals surface area contributed by atoms with E-state index in [0.717, 1.165) is 17.4 Å². The lowest BCUT2D eigenvalue weighted by Crippen LogP contribution is -2.33. The van der Waals surface area contributed by atoms with Gasteiger partial charge < -0.3 is 0 Å². The third-order valence-electron chi connectivity index (χ3n) is 4.55. The topological polar surface area (TPSA) is 39.1 Å². The van der Waals surface area contributed by atoms with Crippen molar-refractivity contribution in [2.24, 2.45) is 5.41 Å². The number of Topliss-reactive ketones (excluding diaryl/α,β-unsaturated/α-hetero) is 1. The zero-order valence-corrected chi connectivity index (χ0v) is 19.3. The highest BCUT2D eigenvalue weighted by atomic mass is 35.5. The smallest absolute Gasteiger partial charge is 0.269 e. The van der Waals surface area contributed by atoms with Crippen LogP contribution < -0.4 is 14.8 Å². The third kappa shape index (κ3) is 5.32. The highest BCUT2D eigenvalue weighted by molar-refractivity contribution is 7.07. The van der Waals surface area contributed by atoms with E-state index in [1.165, 1.54) is 47.1 Å². The molecule has 0 saturated heterocycles. The van der Waals surface area contributed by atoms with E-state index in [2.05, 4.69) is 0 Å². The predicted octanol–water partition coefficient (Wildman–Crippen LogP) is 4.77. The van der Waals surface area contributed by atoms with E-state index >= 15 is 0 Å². The minimum absolute atomic E-state index is 0.0244. The number of benzene rings is 2. The first-order valence-corrected chi connectivity index (χ1v) is 10.9. The van der Waals surface area contributed by atoms with Crippen LogP contribution in [0, 0.1) is 17.0 Å². The summed E-state index contributed by atoms with van der Waals surface area (Å²) in [4.78, 5) is 25.8. The summed E-state index contributed by atoms with van der Waals surface area (Å²) in [6.45, 7) is 5.33. The summed E-state index contributed by atoms with van der Waals surface area (Å²) in [6, 6.07) is 8.13. The Morgan fingerprint density at radius 3 is 2.45 bits per heavy atom. The molecule has 2 aromatic carbocycles. The molecule has 0 aliphatic rings. The Labute approximate surface area is 191 Å². The summed E-state index contributed by atoms with van der Waals surface area (Å²) in [7, 11) is 0. The van der Waals surface area contributed by atoms with Gasteiger partial charge in [-0.3, -0.25) is 14.2 Å². The summed E-state index contributed by atoms with van der Waals surface area (Å²) in [5, 5.41) is 0.325. The van der Waals surface area contributed by atoms with Crippen LogP contribution in [0.1, 0.15) is 31.9 Å². The van der Waals surface area contributed by atoms with E-state index in [1.54, 1.807) is 20.8 Å². The van der Waals surface area contributed by atoms with Gasteiger partial charge in [0.15, 0.2) is 5.78 Å². The first kappa shape index (κ1) is 23.4. The minimum atomic E-state index is -0.656. The van der Waals surface area contributed by atoms with Gasteiger partial charge in [0, 0.05) is 22.1 Å². The number of aromatic nitrogens is 1. The van der Waals surface area contributed by atoms with Crippen LogP contribution in [0.15, 0.2) is 41.2 Å². The molecule has 31 heavy (non-hydrogen) atoms. The molecule has 0 bridgehead atoms. The molecule has 0 fully saturated rings. The van der Waals surface area contributed by atoms with E-state index in [0.29, 0.717) is 10.2 Å². The first-order valence-electron chi connectivity index (χ1n) is 9.33. The summed E-state index contributed by atoms with van der Waals surface area (Å²) in [5.74, 6) is -1.24. The first-order chi connectivity index (χ1) is 14.5. The van der Waals surface area contributed by atoms with Crippen molar-refractivity contribution in [2.45, 2.75) is 27.3 Å². The normalized spacial score (nSPS) is 13.1. The molecule has 0 radical (unpaired) electrons. The molecule has 1 aromatic heterocycles. The molecule has 3 rings (SSSR count). The van der Waals surface area contributed by atoms with Gasteiger partial charge in [-0.25, -0.2) is 8.78 Å².